The molecule has 0 aliphatic carbocycles. The number of benzene rings is 1. The molecular formula is C25H27N3. The molecule has 0 saturated carbocycles. The van der Waals surface area contributed by atoms with E-state index in [4.69, 9.17) is 4.98 Å². The van der Waals surface area contributed by atoms with Crippen LogP contribution in [-0.4, -0.2) is 14.1 Å². The largest absolute Gasteiger partial charge is 0.303 e. The Bertz CT molecular complexity index is 1040. The highest BCUT2D eigenvalue weighted by Crippen LogP contribution is 2.23. The van der Waals surface area contributed by atoms with Gasteiger partial charge in [-0.1, -0.05) is 29.8 Å². The van der Waals surface area contributed by atoms with Crippen LogP contribution in [-0.2, 0) is 6.42 Å². The van der Waals surface area contributed by atoms with Crippen LogP contribution in [0.25, 0.3) is 11.6 Å². The van der Waals surface area contributed by atoms with E-state index in [0.717, 1.165) is 18.1 Å². The smallest absolute Gasteiger partial charge is 0.139 e. The third kappa shape index (κ3) is 3.40. The minimum atomic E-state index is 0.892. The molecule has 1 aromatic carbocycles. The molecule has 0 N–H and O–H groups in total. The van der Waals surface area contributed by atoms with Crippen molar-refractivity contribution < 1.29 is 0 Å². The second-order valence-corrected chi connectivity index (χ2v) is 7.76. The average Bonchev–Trinajstić information content (AvgIpc) is 3.15. The Labute approximate surface area is 167 Å². The second-order valence-electron chi connectivity index (χ2n) is 7.76. The van der Waals surface area contributed by atoms with Crippen molar-refractivity contribution in [2.45, 2.75) is 41.0 Å². The van der Waals surface area contributed by atoms with Crippen LogP contribution in [0.15, 0.2) is 60.7 Å². The highest BCUT2D eigenvalue weighted by Gasteiger charge is 2.12. The van der Waals surface area contributed by atoms with Gasteiger partial charge >= 0.3 is 0 Å². The van der Waals surface area contributed by atoms with E-state index in [-0.39, 0.29) is 0 Å². The van der Waals surface area contributed by atoms with Crippen molar-refractivity contribution in [2.24, 2.45) is 0 Å². The number of aryl methyl sites for hydroxylation is 5. The third-order valence-corrected chi connectivity index (χ3v) is 5.35. The zero-order valence-electron chi connectivity index (χ0n) is 17.3. The van der Waals surface area contributed by atoms with Gasteiger partial charge in [0.15, 0.2) is 0 Å². The van der Waals surface area contributed by atoms with E-state index in [1.54, 1.807) is 0 Å². The summed E-state index contributed by atoms with van der Waals surface area (Å²) >= 11 is 0. The van der Waals surface area contributed by atoms with Gasteiger partial charge in [-0.2, -0.15) is 0 Å². The lowest BCUT2D eigenvalue weighted by Gasteiger charge is -2.16. The molecule has 3 nitrogen and oxygen atoms in total. The van der Waals surface area contributed by atoms with Crippen LogP contribution in [0.2, 0.25) is 0 Å². The van der Waals surface area contributed by atoms with Crippen molar-refractivity contribution in [3.63, 3.8) is 0 Å². The molecule has 142 valence electrons. The first-order valence-electron chi connectivity index (χ1n) is 9.79. The molecule has 4 aromatic rings. The molecule has 0 aliphatic rings. The van der Waals surface area contributed by atoms with Crippen molar-refractivity contribution in [3.05, 3.63) is 100 Å². The van der Waals surface area contributed by atoms with Gasteiger partial charge in [0.05, 0.1) is 0 Å². The maximum absolute atomic E-state index is 5.05. The molecule has 0 unspecified atom stereocenters. The quantitative estimate of drug-likeness (QED) is 0.446. The summed E-state index contributed by atoms with van der Waals surface area (Å²) in [6.45, 7) is 10.7. The molecule has 3 aromatic heterocycles. The van der Waals surface area contributed by atoms with Gasteiger partial charge in [-0.3, -0.25) is 0 Å². The topological polar surface area (TPSA) is 22.8 Å². The standard InChI is InChI=1S/C25H27N3/c1-17-7-6-8-22(13-17)14-23-15-24(27-18(2)9-10-19(27)3)26-25(16-23)28-20(4)11-12-21(28)5/h6-13,15-16H,14H2,1-5H3. The Morgan fingerprint density at radius 2 is 1.11 bits per heavy atom. The van der Waals surface area contributed by atoms with E-state index >= 15 is 0 Å². The first-order chi connectivity index (χ1) is 13.4. The maximum Gasteiger partial charge on any atom is 0.139 e. The fourth-order valence-electron chi connectivity index (χ4n) is 4.00. The lowest BCUT2D eigenvalue weighted by atomic mass is 10.0. The predicted octanol–water partition coefficient (Wildman–Crippen LogP) is 5.80. The monoisotopic (exact) mass is 369 g/mol. The van der Waals surface area contributed by atoms with E-state index in [2.05, 4.69) is 104 Å². The number of aromatic nitrogens is 3. The average molecular weight is 370 g/mol. The lowest BCUT2D eigenvalue weighted by molar-refractivity contribution is 0.866. The Balaban J connectivity index is 1.88. The van der Waals surface area contributed by atoms with E-state index < -0.39 is 0 Å². The summed E-state index contributed by atoms with van der Waals surface area (Å²) in [4.78, 5) is 5.05. The second kappa shape index (κ2) is 7.16. The summed E-state index contributed by atoms with van der Waals surface area (Å²) < 4.78 is 4.47. The number of rotatable bonds is 4. The Morgan fingerprint density at radius 1 is 0.607 bits per heavy atom. The van der Waals surface area contributed by atoms with Crippen LogP contribution in [0.1, 0.15) is 39.5 Å². The summed E-state index contributed by atoms with van der Waals surface area (Å²) in [6, 6.07) is 21.8. The molecule has 4 rings (SSSR count). The molecule has 0 saturated heterocycles. The van der Waals surface area contributed by atoms with Gasteiger partial charge in [-0.05, 0) is 88.6 Å². The first kappa shape index (κ1) is 18.3. The van der Waals surface area contributed by atoms with Gasteiger partial charge in [0, 0.05) is 22.8 Å². The molecule has 3 heterocycles. The molecule has 0 amide bonds. The van der Waals surface area contributed by atoms with E-state index in [1.807, 2.05) is 0 Å². The van der Waals surface area contributed by atoms with Crippen LogP contribution in [0.4, 0.5) is 0 Å². The van der Waals surface area contributed by atoms with Crippen LogP contribution in [0, 0.1) is 34.6 Å². The molecule has 3 heteroatoms. The third-order valence-electron chi connectivity index (χ3n) is 5.35. The number of hydrogen-bond donors (Lipinski definition) is 0. The molecule has 0 aliphatic heterocycles. The fraction of sp³-hybridized carbons (Fsp3) is 0.240. The maximum atomic E-state index is 5.05. The van der Waals surface area contributed by atoms with Crippen molar-refractivity contribution in [3.8, 4) is 11.6 Å². The van der Waals surface area contributed by atoms with Crippen molar-refractivity contribution in [1.29, 1.82) is 0 Å². The van der Waals surface area contributed by atoms with Gasteiger partial charge in [0.2, 0.25) is 0 Å². The summed E-state index contributed by atoms with van der Waals surface area (Å²) in [5.74, 6) is 1.96. The minimum absolute atomic E-state index is 0.892. The van der Waals surface area contributed by atoms with Crippen LogP contribution < -0.4 is 0 Å². The Hall–Kier alpha value is -3.07. The summed E-state index contributed by atoms with van der Waals surface area (Å²) in [7, 11) is 0. The molecule has 0 bridgehead atoms. The zero-order chi connectivity index (χ0) is 19.8. The van der Waals surface area contributed by atoms with Crippen molar-refractivity contribution in [1.82, 2.24) is 14.1 Å². The minimum Gasteiger partial charge on any atom is -0.303 e. The van der Waals surface area contributed by atoms with Gasteiger partial charge < -0.3 is 9.13 Å². The lowest BCUT2D eigenvalue weighted by Crippen LogP contribution is -2.09. The van der Waals surface area contributed by atoms with E-state index in [9.17, 15) is 0 Å². The highest BCUT2D eigenvalue weighted by atomic mass is 15.1. The predicted molar refractivity (Wildman–Crippen MR) is 116 cm³/mol. The van der Waals surface area contributed by atoms with Gasteiger partial charge in [-0.15, -0.1) is 0 Å². The van der Waals surface area contributed by atoms with Crippen LogP contribution in [0.3, 0.4) is 0 Å². The highest BCUT2D eigenvalue weighted by molar-refractivity contribution is 5.44. The van der Waals surface area contributed by atoms with Crippen molar-refractivity contribution >= 4 is 0 Å². The zero-order valence-corrected chi connectivity index (χ0v) is 17.3. The fourth-order valence-corrected chi connectivity index (χ4v) is 4.00. The van der Waals surface area contributed by atoms with Gasteiger partial charge in [0.1, 0.15) is 11.6 Å². The van der Waals surface area contributed by atoms with E-state index in [1.165, 1.54) is 39.5 Å². The van der Waals surface area contributed by atoms with Gasteiger partial charge in [-0.25, -0.2) is 4.98 Å². The van der Waals surface area contributed by atoms with Crippen LogP contribution in [0.5, 0.6) is 0 Å². The summed E-state index contributed by atoms with van der Waals surface area (Å²) in [6.07, 6.45) is 0.892. The van der Waals surface area contributed by atoms with Crippen LogP contribution >= 0.6 is 0 Å². The normalized spacial score (nSPS) is 11.2. The SMILES string of the molecule is Cc1cccc(Cc2cc(-n3c(C)ccc3C)nc(-n3c(C)ccc3C)c2)c1. The van der Waals surface area contributed by atoms with Gasteiger partial charge in [0.25, 0.3) is 0 Å². The molecule has 0 radical (unpaired) electrons. The Kier molecular flexibility index (Phi) is 4.68. The number of hydrogen-bond acceptors (Lipinski definition) is 1. The Morgan fingerprint density at radius 3 is 1.57 bits per heavy atom. The first-order valence-corrected chi connectivity index (χ1v) is 9.79. The van der Waals surface area contributed by atoms with E-state index in [0.29, 0.717) is 0 Å². The molecule has 0 spiro atoms. The number of nitrogens with zero attached hydrogens (tertiary/aromatic N) is 3. The molecule has 28 heavy (non-hydrogen) atoms. The summed E-state index contributed by atoms with van der Waals surface area (Å²) in [5.41, 5.74) is 8.68. The van der Waals surface area contributed by atoms with Crippen molar-refractivity contribution in [2.75, 3.05) is 0 Å². The molecular weight excluding hydrogens is 342 g/mol. The molecule has 0 atom stereocenters. The summed E-state index contributed by atoms with van der Waals surface area (Å²) in [5, 5.41) is 0. The molecule has 0 fully saturated rings. The number of pyridine rings is 1.